The number of sulfonamides is 1. The standard InChI is InChI=1S/C23H22N2O6S/c1-15-7-8-16(23(26)24-17-9-10-20-21(14-17)31-12-11-30-20)13-22(15)32(27,28)25-18-5-3-4-6-19(18)29-2/h3-10,13-14,25H,11-12H2,1-2H3,(H,24,26). The molecule has 1 heterocycles. The first-order valence-corrected chi connectivity index (χ1v) is 11.3. The van der Waals surface area contributed by atoms with E-state index in [2.05, 4.69) is 10.0 Å². The SMILES string of the molecule is COc1ccccc1NS(=O)(=O)c1cc(C(=O)Nc2ccc3c(c2)OCCO3)ccc1C. The van der Waals surface area contributed by atoms with Gasteiger partial charge in [-0.05, 0) is 48.9 Å². The first kappa shape index (κ1) is 21.5. The van der Waals surface area contributed by atoms with Gasteiger partial charge in [-0.3, -0.25) is 9.52 Å². The second-order valence-corrected chi connectivity index (χ2v) is 8.75. The van der Waals surface area contributed by atoms with Crippen LogP contribution in [0.5, 0.6) is 17.2 Å². The third-order valence-corrected chi connectivity index (χ3v) is 6.40. The molecule has 4 rings (SSSR count). The topological polar surface area (TPSA) is 103 Å². The van der Waals surface area contributed by atoms with Crippen molar-refractivity contribution in [2.45, 2.75) is 11.8 Å². The largest absolute Gasteiger partial charge is 0.495 e. The third-order valence-electron chi connectivity index (χ3n) is 4.89. The van der Waals surface area contributed by atoms with Crippen LogP contribution in [0.1, 0.15) is 15.9 Å². The number of nitrogens with one attached hydrogen (secondary N) is 2. The fourth-order valence-corrected chi connectivity index (χ4v) is 4.63. The van der Waals surface area contributed by atoms with Crippen molar-refractivity contribution >= 4 is 27.3 Å². The highest BCUT2D eigenvalue weighted by Gasteiger charge is 2.21. The number of methoxy groups -OCH3 is 1. The van der Waals surface area contributed by atoms with E-state index in [1.54, 1.807) is 61.5 Å². The molecule has 0 aliphatic carbocycles. The van der Waals surface area contributed by atoms with Crippen LogP contribution in [0.15, 0.2) is 65.6 Å². The van der Waals surface area contributed by atoms with Crippen molar-refractivity contribution in [1.82, 2.24) is 0 Å². The van der Waals surface area contributed by atoms with Crippen LogP contribution in [-0.4, -0.2) is 34.6 Å². The lowest BCUT2D eigenvalue weighted by Crippen LogP contribution is -2.18. The quantitative estimate of drug-likeness (QED) is 0.587. The number of aryl methyl sites for hydroxylation is 1. The normalized spacial score (nSPS) is 12.7. The predicted octanol–water partition coefficient (Wildman–Crippen LogP) is 3.83. The van der Waals surface area contributed by atoms with E-state index >= 15 is 0 Å². The van der Waals surface area contributed by atoms with E-state index in [4.69, 9.17) is 14.2 Å². The maximum absolute atomic E-state index is 13.1. The molecule has 32 heavy (non-hydrogen) atoms. The Balaban J connectivity index is 1.58. The summed E-state index contributed by atoms with van der Waals surface area (Å²) in [5.74, 6) is 1.10. The number of carbonyl (C=O) groups excluding carboxylic acids is 1. The molecule has 1 aliphatic rings. The highest BCUT2D eigenvalue weighted by atomic mass is 32.2. The van der Waals surface area contributed by atoms with E-state index < -0.39 is 15.9 Å². The Hall–Kier alpha value is -3.72. The summed E-state index contributed by atoms with van der Waals surface area (Å²) in [5, 5.41) is 2.76. The first-order valence-electron chi connectivity index (χ1n) is 9.85. The summed E-state index contributed by atoms with van der Waals surface area (Å²) < 4.78 is 44.9. The molecule has 0 fully saturated rings. The second-order valence-electron chi connectivity index (χ2n) is 7.10. The van der Waals surface area contributed by atoms with Gasteiger partial charge in [0.2, 0.25) is 0 Å². The van der Waals surface area contributed by atoms with Crippen molar-refractivity contribution in [3.63, 3.8) is 0 Å². The molecule has 0 aromatic heterocycles. The van der Waals surface area contributed by atoms with Gasteiger partial charge in [0, 0.05) is 17.3 Å². The van der Waals surface area contributed by atoms with Crippen LogP contribution in [-0.2, 0) is 10.0 Å². The van der Waals surface area contributed by atoms with Gasteiger partial charge in [-0.25, -0.2) is 8.42 Å². The Morgan fingerprint density at radius 2 is 1.72 bits per heavy atom. The van der Waals surface area contributed by atoms with Crippen molar-refractivity contribution in [3.05, 3.63) is 71.8 Å². The molecule has 0 spiro atoms. The van der Waals surface area contributed by atoms with E-state index in [0.717, 1.165) is 0 Å². The number of benzene rings is 3. The van der Waals surface area contributed by atoms with Crippen molar-refractivity contribution in [1.29, 1.82) is 0 Å². The molecular weight excluding hydrogens is 432 g/mol. The molecule has 0 radical (unpaired) electrons. The lowest BCUT2D eigenvalue weighted by Gasteiger charge is -2.19. The summed E-state index contributed by atoms with van der Waals surface area (Å²) in [6.45, 7) is 2.57. The van der Waals surface area contributed by atoms with Gasteiger partial charge in [0.05, 0.1) is 17.7 Å². The lowest BCUT2D eigenvalue weighted by molar-refractivity contribution is 0.102. The Bertz CT molecular complexity index is 1270. The molecule has 166 valence electrons. The van der Waals surface area contributed by atoms with E-state index in [9.17, 15) is 13.2 Å². The van der Waals surface area contributed by atoms with Crippen molar-refractivity contribution in [3.8, 4) is 17.2 Å². The number of fused-ring (bicyclic) bond motifs is 1. The highest BCUT2D eigenvalue weighted by Crippen LogP contribution is 2.33. The van der Waals surface area contributed by atoms with E-state index in [1.807, 2.05) is 0 Å². The van der Waals surface area contributed by atoms with Crippen LogP contribution in [0.3, 0.4) is 0 Å². The Morgan fingerprint density at radius 3 is 2.50 bits per heavy atom. The molecule has 1 amide bonds. The van der Waals surface area contributed by atoms with Gasteiger partial charge in [0.15, 0.2) is 11.5 Å². The van der Waals surface area contributed by atoms with Crippen LogP contribution in [0.25, 0.3) is 0 Å². The highest BCUT2D eigenvalue weighted by molar-refractivity contribution is 7.92. The molecule has 3 aromatic rings. The number of amides is 1. The number of ether oxygens (including phenoxy) is 3. The number of hydrogen-bond acceptors (Lipinski definition) is 6. The van der Waals surface area contributed by atoms with Gasteiger partial charge in [0.1, 0.15) is 19.0 Å². The first-order chi connectivity index (χ1) is 15.4. The zero-order chi connectivity index (χ0) is 22.7. The van der Waals surface area contributed by atoms with Crippen LogP contribution < -0.4 is 24.2 Å². The van der Waals surface area contributed by atoms with Gasteiger partial charge in [-0.15, -0.1) is 0 Å². The smallest absolute Gasteiger partial charge is 0.262 e. The maximum atomic E-state index is 13.1. The number of anilines is 2. The van der Waals surface area contributed by atoms with Gasteiger partial charge >= 0.3 is 0 Å². The molecule has 1 aliphatic heterocycles. The Labute approximate surface area is 186 Å². The van der Waals surface area contributed by atoms with Gasteiger partial charge in [-0.1, -0.05) is 18.2 Å². The molecule has 0 unspecified atom stereocenters. The lowest BCUT2D eigenvalue weighted by atomic mass is 10.1. The van der Waals surface area contributed by atoms with Gasteiger partial charge < -0.3 is 19.5 Å². The fraction of sp³-hybridized carbons (Fsp3) is 0.174. The van der Waals surface area contributed by atoms with Crippen molar-refractivity contribution in [2.75, 3.05) is 30.4 Å². The maximum Gasteiger partial charge on any atom is 0.262 e. The molecule has 0 saturated carbocycles. The molecule has 3 aromatic carbocycles. The number of para-hydroxylation sites is 2. The summed E-state index contributed by atoms with van der Waals surface area (Å²) >= 11 is 0. The van der Waals surface area contributed by atoms with Gasteiger partial charge in [0.25, 0.3) is 15.9 Å². The average molecular weight is 455 g/mol. The molecule has 2 N–H and O–H groups in total. The zero-order valence-electron chi connectivity index (χ0n) is 17.5. The zero-order valence-corrected chi connectivity index (χ0v) is 18.4. The summed E-state index contributed by atoms with van der Waals surface area (Å²) in [7, 11) is -2.50. The Morgan fingerprint density at radius 1 is 0.969 bits per heavy atom. The fourth-order valence-electron chi connectivity index (χ4n) is 3.28. The average Bonchev–Trinajstić information content (AvgIpc) is 2.79. The molecule has 8 nitrogen and oxygen atoms in total. The van der Waals surface area contributed by atoms with Crippen LogP contribution >= 0.6 is 0 Å². The van der Waals surface area contributed by atoms with E-state index in [1.165, 1.54) is 13.2 Å². The third kappa shape index (κ3) is 4.47. The monoisotopic (exact) mass is 454 g/mol. The van der Waals surface area contributed by atoms with Crippen molar-refractivity contribution in [2.24, 2.45) is 0 Å². The van der Waals surface area contributed by atoms with E-state index in [-0.39, 0.29) is 10.5 Å². The van der Waals surface area contributed by atoms with E-state index in [0.29, 0.717) is 47.4 Å². The summed E-state index contributed by atoms with van der Waals surface area (Å²) in [6, 6.07) is 16.3. The summed E-state index contributed by atoms with van der Waals surface area (Å²) in [6.07, 6.45) is 0. The van der Waals surface area contributed by atoms with Gasteiger partial charge in [-0.2, -0.15) is 0 Å². The van der Waals surface area contributed by atoms with Crippen LogP contribution in [0.2, 0.25) is 0 Å². The minimum atomic E-state index is -3.96. The minimum absolute atomic E-state index is 0.00164. The second kappa shape index (κ2) is 8.80. The minimum Gasteiger partial charge on any atom is -0.495 e. The van der Waals surface area contributed by atoms with Crippen molar-refractivity contribution < 1.29 is 27.4 Å². The Kier molecular flexibility index (Phi) is 5.91. The predicted molar refractivity (Wildman–Crippen MR) is 120 cm³/mol. The molecule has 0 atom stereocenters. The molecular formula is C23H22N2O6S. The summed E-state index contributed by atoms with van der Waals surface area (Å²) in [5.41, 5.74) is 1.52. The van der Waals surface area contributed by atoms with Crippen LogP contribution in [0.4, 0.5) is 11.4 Å². The van der Waals surface area contributed by atoms with Crippen LogP contribution in [0, 0.1) is 6.92 Å². The molecule has 0 saturated heterocycles. The number of carbonyl (C=O) groups is 1. The molecule has 0 bridgehead atoms. The molecule has 9 heteroatoms. The summed E-state index contributed by atoms with van der Waals surface area (Å²) in [4.78, 5) is 12.8. The number of hydrogen-bond donors (Lipinski definition) is 2. The number of rotatable bonds is 6.